The lowest BCUT2D eigenvalue weighted by molar-refractivity contribution is -0.123. The zero-order chi connectivity index (χ0) is 23.5. The number of para-hydroxylation sites is 2. The summed E-state index contributed by atoms with van der Waals surface area (Å²) in [6.07, 6.45) is 3.28. The van der Waals surface area contributed by atoms with Gasteiger partial charge in [-0.25, -0.2) is 12.8 Å². The highest BCUT2D eigenvalue weighted by Gasteiger charge is 2.41. The van der Waals surface area contributed by atoms with E-state index < -0.39 is 33.4 Å². The molecule has 6 nitrogen and oxygen atoms in total. The number of benzene rings is 2. The molecule has 2 atom stereocenters. The van der Waals surface area contributed by atoms with Crippen LogP contribution in [-0.2, 0) is 14.8 Å². The van der Waals surface area contributed by atoms with E-state index in [1.807, 2.05) is 24.3 Å². The second-order valence-corrected chi connectivity index (χ2v) is 10.1. The molecule has 0 radical (unpaired) electrons. The number of carbonyl (C=O) groups is 1. The third-order valence-electron chi connectivity index (χ3n) is 6.22. The summed E-state index contributed by atoms with van der Waals surface area (Å²) in [5.74, 6) is -0.449. The Morgan fingerprint density at radius 1 is 1.16 bits per heavy atom. The average Bonchev–Trinajstić information content (AvgIpc) is 2.77. The van der Waals surface area contributed by atoms with Crippen molar-refractivity contribution in [1.29, 1.82) is 0 Å². The van der Waals surface area contributed by atoms with E-state index >= 15 is 0 Å². The quantitative estimate of drug-likeness (QED) is 0.624. The van der Waals surface area contributed by atoms with Crippen LogP contribution in [0.1, 0.15) is 58.1 Å². The van der Waals surface area contributed by atoms with Gasteiger partial charge in [-0.05, 0) is 37.5 Å². The fourth-order valence-corrected chi connectivity index (χ4v) is 5.58. The number of halogens is 1. The highest BCUT2D eigenvalue weighted by molar-refractivity contribution is 7.92. The number of ether oxygens (including phenoxy) is 1. The number of amides is 1. The van der Waals surface area contributed by atoms with Gasteiger partial charge in [0.2, 0.25) is 15.9 Å². The van der Waals surface area contributed by atoms with Crippen LogP contribution >= 0.6 is 0 Å². The minimum atomic E-state index is -3.92. The summed E-state index contributed by atoms with van der Waals surface area (Å²) < 4.78 is 47.0. The van der Waals surface area contributed by atoms with Crippen molar-refractivity contribution in [3.8, 4) is 5.75 Å². The maximum atomic E-state index is 14.5. The Labute approximate surface area is 189 Å². The molecule has 32 heavy (non-hydrogen) atoms. The van der Waals surface area contributed by atoms with E-state index in [2.05, 4.69) is 19.2 Å². The number of fused-ring (bicyclic) bond motifs is 1. The fraction of sp³-hybridized carbons (Fsp3) is 0.458. The van der Waals surface area contributed by atoms with Crippen LogP contribution in [0.2, 0.25) is 0 Å². The molecule has 0 unspecified atom stereocenters. The van der Waals surface area contributed by atoms with E-state index in [9.17, 15) is 17.6 Å². The van der Waals surface area contributed by atoms with Crippen molar-refractivity contribution in [3.63, 3.8) is 0 Å². The van der Waals surface area contributed by atoms with E-state index in [1.165, 1.54) is 18.2 Å². The fourth-order valence-electron chi connectivity index (χ4n) is 4.36. The first kappa shape index (κ1) is 24.0. The van der Waals surface area contributed by atoms with Crippen LogP contribution in [0.4, 0.5) is 10.1 Å². The van der Waals surface area contributed by atoms with Crippen LogP contribution in [0.5, 0.6) is 5.75 Å². The number of hydrogen-bond acceptors (Lipinski definition) is 4. The van der Waals surface area contributed by atoms with Crippen LogP contribution in [0, 0.1) is 5.82 Å². The van der Waals surface area contributed by atoms with E-state index in [-0.39, 0.29) is 18.2 Å². The third-order valence-corrected chi connectivity index (χ3v) is 7.39. The Balaban J connectivity index is 1.97. The highest BCUT2D eigenvalue weighted by Crippen LogP contribution is 2.42. The van der Waals surface area contributed by atoms with Gasteiger partial charge in [0.05, 0.1) is 18.0 Å². The topological polar surface area (TPSA) is 75.7 Å². The predicted octanol–water partition coefficient (Wildman–Crippen LogP) is 4.57. The van der Waals surface area contributed by atoms with E-state index in [4.69, 9.17) is 4.74 Å². The van der Waals surface area contributed by atoms with Crippen molar-refractivity contribution in [2.75, 3.05) is 10.6 Å². The Morgan fingerprint density at radius 2 is 1.78 bits per heavy atom. The standard InChI is InChI=1S/C24H31FN2O4S/c1-5-20(27(32(4,29)30)21-14-10-9-13-18(21)25)23(28)26-19-16-24(6-2,7-3)31-22-15-11-8-12-17(19)22/h8-15,19-20H,5-7,16H2,1-4H3,(H,26,28)/t19-,20+/m1/s1. The normalized spacial score (nSPS) is 18.2. The summed E-state index contributed by atoms with van der Waals surface area (Å²) in [5.41, 5.74) is 0.293. The average molecular weight is 463 g/mol. The first-order valence-electron chi connectivity index (χ1n) is 11.0. The number of sulfonamides is 1. The molecule has 1 heterocycles. The lowest BCUT2D eigenvalue weighted by Crippen LogP contribution is -2.52. The monoisotopic (exact) mass is 462 g/mol. The molecule has 1 aliphatic heterocycles. The predicted molar refractivity (Wildman–Crippen MR) is 124 cm³/mol. The molecule has 2 aromatic rings. The molecule has 0 saturated heterocycles. The van der Waals surface area contributed by atoms with Gasteiger partial charge in [-0.15, -0.1) is 0 Å². The number of rotatable bonds is 8. The van der Waals surface area contributed by atoms with Gasteiger partial charge in [0.25, 0.3) is 0 Å². The van der Waals surface area contributed by atoms with E-state index in [0.717, 1.165) is 34.7 Å². The van der Waals surface area contributed by atoms with Crippen LogP contribution in [0.25, 0.3) is 0 Å². The molecular weight excluding hydrogens is 431 g/mol. The molecule has 8 heteroatoms. The number of hydrogen-bond donors (Lipinski definition) is 1. The number of anilines is 1. The van der Waals surface area contributed by atoms with Crippen molar-refractivity contribution in [2.45, 2.75) is 64.1 Å². The molecule has 0 bridgehead atoms. The molecule has 3 rings (SSSR count). The minimum absolute atomic E-state index is 0.138. The van der Waals surface area contributed by atoms with Gasteiger partial charge in [-0.2, -0.15) is 0 Å². The summed E-state index contributed by atoms with van der Waals surface area (Å²) in [6.45, 7) is 5.81. The zero-order valence-electron chi connectivity index (χ0n) is 19.0. The van der Waals surface area contributed by atoms with Crippen LogP contribution < -0.4 is 14.4 Å². The lowest BCUT2D eigenvalue weighted by Gasteiger charge is -2.42. The van der Waals surface area contributed by atoms with Crippen molar-refractivity contribution in [3.05, 3.63) is 59.9 Å². The summed E-state index contributed by atoms with van der Waals surface area (Å²) in [6, 6.07) is 11.7. The zero-order valence-corrected chi connectivity index (χ0v) is 19.8. The molecule has 0 aromatic heterocycles. The highest BCUT2D eigenvalue weighted by atomic mass is 32.2. The largest absolute Gasteiger partial charge is 0.487 e. The summed E-state index contributed by atoms with van der Waals surface area (Å²) in [7, 11) is -3.92. The molecule has 0 spiro atoms. The number of nitrogens with one attached hydrogen (secondary N) is 1. The second kappa shape index (κ2) is 9.48. The molecule has 0 aliphatic carbocycles. The summed E-state index contributed by atoms with van der Waals surface area (Å²) in [5, 5.41) is 3.04. The van der Waals surface area contributed by atoms with Gasteiger partial charge in [0, 0.05) is 12.0 Å². The maximum absolute atomic E-state index is 14.5. The van der Waals surface area contributed by atoms with E-state index in [1.54, 1.807) is 13.0 Å². The Morgan fingerprint density at radius 3 is 2.38 bits per heavy atom. The van der Waals surface area contributed by atoms with Crippen LogP contribution in [0.3, 0.4) is 0 Å². The molecule has 2 aromatic carbocycles. The molecular formula is C24H31FN2O4S. The summed E-state index contributed by atoms with van der Waals surface area (Å²) in [4.78, 5) is 13.4. The molecule has 1 aliphatic rings. The Hall–Kier alpha value is -2.61. The van der Waals surface area contributed by atoms with Crippen LogP contribution in [-0.4, -0.2) is 32.2 Å². The van der Waals surface area contributed by atoms with Crippen LogP contribution in [0.15, 0.2) is 48.5 Å². The second-order valence-electron chi connectivity index (χ2n) is 8.23. The molecule has 0 saturated carbocycles. The first-order chi connectivity index (χ1) is 15.2. The summed E-state index contributed by atoms with van der Waals surface area (Å²) >= 11 is 0. The lowest BCUT2D eigenvalue weighted by atomic mass is 9.83. The molecule has 174 valence electrons. The smallest absolute Gasteiger partial charge is 0.244 e. The maximum Gasteiger partial charge on any atom is 0.244 e. The Kier molecular flexibility index (Phi) is 7.12. The van der Waals surface area contributed by atoms with Gasteiger partial charge >= 0.3 is 0 Å². The minimum Gasteiger partial charge on any atom is -0.487 e. The molecule has 1 N–H and O–H groups in total. The van der Waals surface area contributed by atoms with Gasteiger partial charge in [0.1, 0.15) is 23.2 Å². The number of nitrogens with zero attached hydrogens (tertiary/aromatic N) is 1. The Bertz CT molecular complexity index is 1070. The van der Waals surface area contributed by atoms with Crippen molar-refractivity contribution in [2.24, 2.45) is 0 Å². The van der Waals surface area contributed by atoms with Gasteiger partial charge in [0.15, 0.2) is 0 Å². The van der Waals surface area contributed by atoms with Gasteiger partial charge in [-0.3, -0.25) is 9.10 Å². The first-order valence-corrected chi connectivity index (χ1v) is 12.8. The molecule has 1 amide bonds. The van der Waals surface area contributed by atoms with Crippen molar-refractivity contribution in [1.82, 2.24) is 5.32 Å². The number of carbonyl (C=O) groups excluding carboxylic acids is 1. The molecule has 0 fully saturated rings. The van der Waals surface area contributed by atoms with Gasteiger partial charge < -0.3 is 10.1 Å². The van der Waals surface area contributed by atoms with Crippen molar-refractivity contribution < 1.29 is 22.3 Å². The van der Waals surface area contributed by atoms with Gasteiger partial charge in [-0.1, -0.05) is 51.1 Å². The van der Waals surface area contributed by atoms with E-state index in [0.29, 0.717) is 6.42 Å². The third kappa shape index (κ3) is 4.75. The SMILES string of the molecule is CC[C@@H](C(=O)N[C@@H]1CC(CC)(CC)Oc2ccccc21)N(c1ccccc1F)S(C)(=O)=O. The van der Waals surface area contributed by atoms with Crippen molar-refractivity contribution >= 4 is 21.6 Å².